The molecular weight excluding hydrogens is 210 g/mol. The van der Waals surface area contributed by atoms with E-state index in [2.05, 4.69) is 4.90 Å². The third-order valence-electron chi connectivity index (χ3n) is 2.95. The number of nitrogens with zero attached hydrogens (tertiary/aromatic N) is 1. The Labute approximate surface area is 93.9 Å². The normalized spacial score (nSPS) is 20.2. The lowest BCUT2D eigenvalue weighted by Gasteiger charge is -2.27. The molecule has 1 aliphatic rings. The summed E-state index contributed by atoms with van der Waals surface area (Å²) < 4.78 is 16.3. The fourth-order valence-electron chi connectivity index (χ4n) is 1.68. The summed E-state index contributed by atoms with van der Waals surface area (Å²) in [7, 11) is 0.962. The smallest absolute Gasteiger partial charge is 0.377 e. The molecule has 0 unspecified atom stereocenters. The fraction of sp³-hybridized carbons (Fsp3) is 1.00. The van der Waals surface area contributed by atoms with Crippen LogP contribution in [0.15, 0.2) is 0 Å². The molecule has 0 aromatic heterocycles. The minimum Gasteiger partial charge on any atom is -0.377 e. The largest absolute Gasteiger partial charge is 0.498 e. The molecule has 0 aromatic rings. The summed E-state index contributed by atoms with van der Waals surface area (Å²) in [6.07, 6.45) is 5.25. The molecule has 1 heterocycles. The SMILES string of the molecule is CO[Si](C)(OC)OCN1CCCCCC1. The van der Waals surface area contributed by atoms with Crippen LogP contribution < -0.4 is 0 Å². The Hall–Kier alpha value is 0.0569. The second-order valence-corrected chi connectivity index (χ2v) is 6.91. The average molecular weight is 233 g/mol. The first-order chi connectivity index (χ1) is 7.20. The number of rotatable bonds is 5. The summed E-state index contributed by atoms with van der Waals surface area (Å²) in [5.74, 6) is 0. The molecule has 5 heteroatoms. The maximum absolute atomic E-state index is 5.74. The van der Waals surface area contributed by atoms with Crippen molar-refractivity contribution in [3.05, 3.63) is 0 Å². The molecule has 1 aliphatic heterocycles. The Morgan fingerprint density at radius 3 is 2.00 bits per heavy atom. The predicted octanol–water partition coefficient (Wildman–Crippen LogP) is 1.70. The zero-order valence-corrected chi connectivity index (χ0v) is 11.1. The van der Waals surface area contributed by atoms with Crippen LogP contribution in [0.4, 0.5) is 0 Å². The van der Waals surface area contributed by atoms with Gasteiger partial charge in [-0.05, 0) is 12.8 Å². The molecule has 4 nitrogen and oxygen atoms in total. The molecule has 90 valence electrons. The van der Waals surface area contributed by atoms with Gasteiger partial charge in [-0.1, -0.05) is 12.8 Å². The van der Waals surface area contributed by atoms with Gasteiger partial charge in [0, 0.05) is 33.9 Å². The Kier molecular flexibility index (Phi) is 5.77. The highest BCUT2D eigenvalue weighted by molar-refractivity contribution is 6.59. The molecule has 1 fully saturated rings. The Morgan fingerprint density at radius 2 is 1.53 bits per heavy atom. The van der Waals surface area contributed by atoms with Crippen molar-refractivity contribution in [2.24, 2.45) is 0 Å². The monoisotopic (exact) mass is 233 g/mol. The van der Waals surface area contributed by atoms with Crippen LogP contribution in [0.3, 0.4) is 0 Å². The van der Waals surface area contributed by atoms with Crippen molar-refractivity contribution < 1.29 is 13.3 Å². The van der Waals surface area contributed by atoms with Crippen LogP contribution in [-0.2, 0) is 13.3 Å². The second kappa shape index (κ2) is 6.60. The lowest BCUT2D eigenvalue weighted by molar-refractivity contribution is 0.0431. The average Bonchev–Trinajstić information content (AvgIpc) is 2.54. The summed E-state index contributed by atoms with van der Waals surface area (Å²) in [6.45, 7) is 4.84. The Morgan fingerprint density at radius 1 is 1.00 bits per heavy atom. The maximum atomic E-state index is 5.74. The minimum absolute atomic E-state index is 0.643. The van der Waals surface area contributed by atoms with Gasteiger partial charge in [0.2, 0.25) is 0 Å². The van der Waals surface area contributed by atoms with E-state index in [1.54, 1.807) is 14.2 Å². The van der Waals surface area contributed by atoms with E-state index < -0.39 is 8.80 Å². The van der Waals surface area contributed by atoms with Crippen molar-refractivity contribution in [3.8, 4) is 0 Å². The molecule has 1 rings (SSSR count). The van der Waals surface area contributed by atoms with Gasteiger partial charge in [-0.2, -0.15) is 0 Å². The summed E-state index contributed by atoms with van der Waals surface area (Å²) >= 11 is 0. The molecule has 0 N–H and O–H groups in total. The molecule has 0 saturated carbocycles. The second-order valence-electron chi connectivity index (χ2n) is 4.08. The van der Waals surface area contributed by atoms with Crippen molar-refractivity contribution >= 4 is 8.80 Å². The zero-order chi connectivity index (χ0) is 11.1. The van der Waals surface area contributed by atoms with Crippen LogP contribution >= 0.6 is 0 Å². The van der Waals surface area contributed by atoms with Gasteiger partial charge < -0.3 is 13.3 Å². The van der Waals surface area contributed by atoms with E-state index in [4.69, 9.17) is 13.3 Å². The van der Waals surface area contributed by atoms with Crippen molar-refractivity contribution in [1.29, 1.82) is 0 Å². The molecular formula is C10H23NO3Si. The lowest BCUT2D eigenvalue weighted by atomic mass is 10.2. The van der Waals surface area contributed by atoms with Crippen LogP contribution in [0.25, 0.3) is 0 Å². The van der Waals surface area contributed by atoms with E-state index in [0.29, 0.717) is 6.73 Å². The van der Waals surface area contributed by atoms with E-state index in [-0.39, 0.29) is 0 Å². The van der Waals surface area contributed by atoms with Crippen molar-refractivity contribution in [2.75, 3.05) is 34.0 Å². The van der Waals surface area contributed by atoms with Gasteiger partial charge >= 0.3 is 8.80 Å². The molecule has 15 heavy (non-hydrogen) atoms. The number of likely N-dealkylation sites (tertiary alicyclic amines) is 1. The van der Waals surface area contributed by atoms with Crippen molar-refractivity contribution in [3.63, 3.8) is 0 Å². The molecule has 0 aliphatic carbocycles. The van der Waals surface area contributed by atoms with Gasteiger partial charge in [-0.15, -0.1) is 0 Å². The molecule has 0 aromatic carbocycles. The standard InChI is InChI=1S/C10H23NO3Si/c1-12-15(3,13-2)14-10-11-8-6-4-5-7-9-11/h4-10H2,1-3H3. The first kappa shape index (κ1) is 13.1. The first-order valence-electron chi connectivity index (χ1n) is 5.67. The zero-order valence-electron chi connectivity index (χ0n) is 10.1. The minimum atomic E-state index is -2.34. The molecule has 0 atom stereocenters. The molecule has 1 saturated heterocycles. The molecule has 0 radical (unpaired) electrons. The third-order valence-corrected chi connectivity index (χ3v) is 5.09. The van der Waals surface area contributed by atoms with Crippen LogP contribution in [-0.4, -0.2) is 47.7 Å². The van der Waals surface area contributed by atoms with Crippen molar-refractivity contribution in [1.82, 2.24) is 4.90 Å². The molecule has 0 amide bonds. The highest BCUT2D eigenvalue weighted by Crippen LogP contribution is 2.12. The third kappa shape index (κ3) is 4.61. The van der Waals surface area contributed by atoms with Crippen LogP contribution in [0.2, 0.25) is 6.55 Å². The molecule has 0 spiro atoms. The topological polar surface area (TPSA) is 30.9 Å². The van der Waals surface area contributed by atoms with Gasteiger partial charge in [-0.3, -0.25) is 4.90 Å². The fourth-order valence-corrected chi connectivity index (χ4v) is 2.49. The van der Waals surface area contributed by atoms with Crippen LogP contribution in [0, 0.1) is 0 Å². The van der Waals surface area contributed by atoms with Gasteiger partial charge in [0.15, 0.2) is 0 Å². The van der Waals surface area contributed by atoms with E-state index in [1.165, 1.54) is 25.7 Å². The Bertz CT molecular complexity index is 168. The highest BCUT2D eigenvalue weighted by atomic mass is 28.4. The van der Waals surface area contributed by atoms with Gasteiger partial charge in [-0.25, -0.2) is 0 Å². The predicted molar refractivity (Wildman–Crippen MR) is 61.6 cm³/mol. The van der Waals surface area contributed by atoms with E-state index in [9.17, 15) is 0 Å². The Balaban J connectivity index is 2.27. The van der Waals surface area contributed by atoms with Gasteiger partial charge in [0.25, 0.3) is 0 Å². The van der Waals surface area contributed by atoms with Gasteiger partial charge in [0.1, 0.15) is 0 Å². The van der Waals surface area contributed by atoms with Gasteiger partial charge in [0.05, 0.1) is 6.73 Å². The summed E-state index contributed by atoms with van der Waals surface area (Å²) in [5.41, 5.74) is 0. The van der Waals surface area contributed by atoms with Crippen LogP contribution in [0.5, 0.6) is 0 Å². The van der Waals surface area contributed by atoms with Crippen molar-refractivity contribution in [2.45, 2.75) is 32.2 Å². The first-order valence-corrected chi connectivity index (χ1v) is 7.89. The molecule has 0 bridgehead atoms. The quantitative estimate of drug-likeness (QED) is 0.676. The van der Waals surface area contributed by atoms with E-state index in [1.807, 2.05) is 6.55 Å². The lowest BCUT2D eigenvalue weighted by Crippen LogP contribution is -2.44. The van der Waals surface area contributed by atoms with Crippen LogP contribution in [0.1, 0.15) is 25.7 Å². The summed E-state index contributed by atoms with van der Waals surface area (Å²) in [5, 5.41) is 0. The maximum Gasteiger partial charge on any atom is 0.498 e. The van der Waals surface area contributed by atoms with E-state index in [0.717, 1.165) is 13.1 Å². The summed E-state index contributed by atoms with van der Waals surface area (Å²) in [6, 6.07) is 0. The van der Waals surface area contributed by atoms with E-state index >= 15 is 0 Å². The number of hydrogen-bond acceptors (Lipinski definition) is 4. The summed E-state index contributed by atoms with van der Waals surface area (Å²) in [4.78, 5) is 2.34. The number of hydrogen-bond donors (Lipinski definition) is 0. The highest BCUT2D eigenvalue weighted by Gasteiger charge is 2.32.